The Balaban J connectivity index is 1.64. The number of carbonyl (C=O) groups is 1. The maximum atomic E-state index is 13.3. The lowest BCUT2D eigenvalue weighted by molar-refractivity contribution is -0.246. The van der Waals surface area contributed by atoms with Gasteiger partial charge in [0.15, 0.2) is 0 Å². The quantitative estimate of drug-likeness (QED) is 0.593. The Morgan fingerprint density at radius 3 is 2.13 bits per heavy atom. The van der Waals surface area contributed by atoms with E-state index in [0.717, 1.165) is 19.3 Å². The normalized spacial score (nSPS) is 32.3. The Morgan fingerprint density at radius 2 is 1.61 bits per heavy atom. The van der Waals surface area contributed by atoms with Crippen molar-refractivity contribution in [1.82, 2.24) is 10.4 Å². The second kappa shape index (κ2) is 8.08. The summed E-state index contributed by atoms with van der Waals surface area (Å²) >= 11 is 0. The molecule has 3 rings (SSSR count). The van der Waals surface area contributed by atoms with Gasteiger partial charge in [-0.05, 0) is 87.8 Å². The number of rotatable bonds is 6. The van der Waals surface area contributed by atoms with Crippen LogP contribution in [-0.4, -0.2) is 38.4 Å². The first-order chi connectivity index (χ1) is 14.2. The van der Waals surface area contributed by atoms with Gasteiger partial charge in [-0.2, -0.15) is 5.06 Å². The van der Waals surface area contributed by atoms with Crippen molar-refractivity contribution in [1.29, 1.82) is 0 Å². The van der Waals surface area contributed by atoms with Crippen molar-refractivity contribution in [2.24, 2.45) is 29.1 Å². The van der Waals surface area contributed by atoms with Crippen molar-refractivity contribution >= 4 is 5.91 Å². The zero-order valence-electron chi connectivity index (χ0n) is 20.6. The van der Waals surface area contributed by atoms with E-state index >= 15 is 0 Å². The van der Waals surface area contributed by atoms with E-state index in [1.54, 1.807) is 12.1 Å². The van der Waals surface area contributed by atoms with E-state index in [9.17, 15) is 15.1 Å². The molecule has 1 saturated carbocycles. The van der Waals surface area contributed by atoms with Crippen LogP contribution in [0.5, 0.6) is 5.75 Å². The SMILES string of the molecule is CC(Cc1ccc(O)cc1)C1C(C)C1(C)C(C)C(=O)NC1CC(C)(C)N(O)C(C)(C)C1. The fraction of sp³-hybridized carbons (Fsp3) is 0.731. The first kappa shape index (κ1) is 24.1. The minimum Gasteiger partial charge on any atom is -0.508 e. The van der Waals surface area contributed by atoms with E-state index in [4.69, 9.17) is 0 Å². The number of carbonyl (C=O) groups excluding carboxylic acids is 1. The van der Waals surface area contributed by atoms with Crippen LogP contribution in [0.2, 0.25) is 0 Å². The standard InChI is InChI=1S/C26H42N2O3/c1-16(13-19-9-11-21(29)12-10-19)22-17(2)26(22,8)18(3)23(30)27-20-14-24(4,5)28(31)25(6,7)15-20/h9-12,16-18,20,22,29,31H,13-15H2,1-8H3,(H,27,30). The van der Waals surface area contributed by atoms with Crippen LogP contribution in [0.1, 0.15) is 73.8 Å². The van der Waals surface area contributed by atoms with E-state index in [-0.39, 0.29) is 34.4 Å². The maximum absolute atomic E-state index is 13.3. The summed E-state index contributed by atoms with van der Waals surface area (Å²) in [5.74, 6) is 1.83. The number of phenolic OH excluding ortho intramolecular Hbond substituents is 1. The minimum absolute atomic E-state index is 0.0108. The van der Waals surface area contributed by atoms with Gasteiger partial charge >= 0.3 is 0 Å². The Bertz CT molecular complexity index is 785. The van der Waals surface area contributed by atoms with E-state index < -0.39 is 0 Å². The van der Waals surface area contributed by atoms with Gasteiger partial charge in [0.1, 0.15) is 5.75 Å². The van der Waals surface area contributed by atoms with Gasteiger partial charge in [-0.1, -0.05) is 39.8 Å². The third kappa shape index (κ3) is 4.49. The third-order valence-corrected chi connectivity index (χ3v) is 8.55. The van der Waals surface area contributed by atoms with E-state index in [0.29, 0.717) is 23.5 Å². The lowest BCUT2D eigenvalue weighted by atomic mass is 9.78. The molecule has 0 aromatic heterocycles. The van der Waals surface area contributed by atoms with Crippen LogP contribution >= 0.6 is 0 Å². The van der Waals surface area contributed by atoms with Crippen LogP contribution in [0, 0.1) is 29.1 Å². The molecule has 0 bridgehead atoms. The number of amides is 1. The summed E-state index contributed by atoms with van der Waals surface area (Å²) in [6.45, 7) is 17.0. The van der Waals surface area contributed by atoms with Crippen LogP contribution in [0.25, 0.3) is 0 Å². The second-order valence-electron chi connectivity index (χ2n) is 11.8. The summed E-state index contributed by atoms with van der Waals surface area (Å²) in [5.41, 5.74) is 0.467. The van der Waals surface area contributed by atoms with Crippen molar-refractivity contribution in [3.8, 4) is 5.75 Å². The van der Waals surface area contributed by atoms with E-state index in [1.807, 2.05) is 39.8 Å². The molecule has 1 saturated heterocycles. The molecule has 3 N–H and O–H groups in total. The molecule has 0 spiro atoms. The molecular formula is C26H42N2O3. The van der Waals surface area contributed by atoms with Gasteiger partial charge in [0, 0.05) is 23.0 Å². The van der Waals surface area contributed by atoms with E-state index in [2.05, 4.69) is 33.0 Å². The molecule has 5 atom stereocenters. The summed E-state index contributed by atoms with van der Waals surface area (Å²) in [6, 6.07) is 7.53. The lowest BCUT2D eigenvalue weighted by Gasteiger charge is -2.51. The largest absolute Gasteiger partial charge is 0.508 e. The number of phenols is 1. The van der Waals surface area contributed by atoms with Gasteiger partial charge in [0.05, 0.1) is 0 Å². The summed E-state index contributed by atoms with van der Waals surface area (Å²) in [5, 5.41) is 24.8. The highest BCUT2D eigenvalue weighted by atomic mass is 16.5. The lowest BCUT2D eigenvalue weighted by Crippen LogP contribution is -2.63. The predicted octanol–water partition coefficient (Wildman–Crippen LogP) is 5.01. The summed E-state index contributed by atoms with van der Waals surface area (Å²) in [6.07, 6.45) is 2.42. The fourth-order valence-corrected chi connectivity index (χ4v) is 6.69. The van der Waals surface area contributed by atoms with Crippen molar-refractivity contribution in [3.05, 3.63) is 29.8 Å². The molecule has 1 aromatic carbocycles. The molecule has 5 heteroatoms. The van der Waals surface area contributed by atoms with Crippen LogP contribution in [-0.2, 0) is 11.2 Å². The number of hydrogen-bond donors (Lipinski definition) is 3. The molecule has 0 radical (unpaired) electrons. The molecule has 174 valence electrons. The molecule has 5 nitrogen and oxygen atoms in total. The van der Waals surface area contributed by atoms with Crippen molar-refractivity contribution in [2.75, 3.05) is 0 Å². The second-order valence-corrected chi connectivity index (χ2v) is 11.8. The van der Waals surface area contributed by atoms with Crippen LogP contribution in [0.15, 0.2) is 24.3 Å². The smallest absolute Gasteiger partial charge is 0.223 e. The number of benzene rings is 1. The Morgan fingerprint density at radius 1 is 1.10 bits per heavy atom. The van der Waals surface area contributed by atoms with Gasteiger partial charge in [0.25, 0.3) is 0 Å². The van der Waals surface area contributed by atoms with Gasteiger partial charge in [0.2, 0.25) is 5.91 Å². The van der Waals surface area contributed by atoms with Gasteiger partial charge in [-0.25, -0.2) is 0 Å². The van der Waals surface area contributed by atoms with Crippen LogP contribution < -0.4 is 5.32 Å². The maximum Gasteiger partial charge on any atom is 0.223 e. The Hall–Kier alpha value is -1.59. The summed E-state index contributed by atoms with van der Waals surface area (Å²) < 4.78 is 0. The van der Waals surface area contributed by atoms with Gasteiger partial charge in [-0.3, -0.25) is 4.79 Å². The minimum atomic E-state index is -0.374. The molecule has 2 aliphatic rings. The zero-order valence-corrected chi connectivity index (χ0v) is 20.6. The molecule has 1 heterocycles. The molecule has 1 aromatic rings. The van der Waals surface area contributed by atoms with Crippen molar-refractivity contribution in [2.45, 2.75) is 91.8 Å². The average Bonchev–Trinajstić information content (AvgIpc) is 3.22. The zero-order chi connectivity index (χ0) is 23.4. The first-order valence-corrected chi connectivity index (χ1v) is 11.8. The third-order valence-electron chi connectivity index (χ3n) is 8.55. The average molecular weight is 431 g/mol. The topological polar surface area (TPSA) is 72.8 Å². The highest BCUT2D eigenvalue weighted by molar-refractivity contribution is 5.80. The Labute approximate surface area is 188 Å². The number of aromatic hydroxyl groups is 1. The Kier molecular flexibility index (Phi) is 6.27. The molecule has 5 unspecified atom stereocenters. The number of nitrogens with zero attached hydrogens (tertiary/aromatic N) is 1. The highest BCUT2D eigenvalue weighted by Gasteiger charge is 2.64. The summed E-state index contributed by atoms with van der Waals surface area (Å²) in [7, 11) is 0. The monoisotopic (exact) mass is 430 g/mol. The number of nitrogens with one attached hydrogen (secondary N) is 1. The molecule has 1 aliphatic carbocycles. The van der Waals surface area contributed by atoms with Crippen LogP contribution in [0.3, 0.4) is 0 Å². The van der Waals surface area contributed by atoms with Crippen molar-refractivity contribution < 1.29 is 15.1 Å². The summed E-state index contributed by atoms with van der Waals surface area (Å²) in [4.78, 5) is 13.3. The molecule has 1 amide bonds. The van der Waals surface area contributed by atoms with Gasteiger partial charge < -0.3 is 15.6 Å². The fourth-order valence-electron chi connectivity index (χ4n) is 6.69. The molecule has 1 aliphatic heterocycles. The molecular weight excluding hydrogens is 388 g/mol. The molecule has 2 fully saturated rings. The number of hydrogen-bond acceptors (Lipinski definition) is 4. The predicted molar refractivity (Wildman–Crippen MR) is 124 cm³/mol. The highest BCUT2D eigenvalue weighted by Crippen LogP contribution is 2.66. The van der Waals surface area contributed by atoms with Crippen molar-refractivity contribution in [3.63, 3.8) is 0 Å². The number of hydroxylamine groups is 2. The van der Waals surface area contributed by atoms with Gasteiger partial charge in [-0.15, -0.1) is 0 Å². The number of piperidine rings is 1. The van der Waals surface area contributed by atoms with E-state index in [1.165, 1.54) is 10.6 Å². The molecule has 31 heavy (non-hydrogen) atoms. The van der Waals surface area contributed by atoms with Crippen LogP contribution in [0.4, 0.5) is 0 Å². The first-order valence-electron chi connectivity index (χ1n) is 11.8.